The Kier molecular flexibility index (Phi) is 4.22. The van der Waals surface area contributed by atoms with Gasteiger partial charge in [-0.25, -0.2) is 0 Å². The van der Waals surface area contributed by atoms with Crippen LogP contribution in [0, 0.1) is 0 Å². The molecule has 4 atom stereocenters. The summed E-state index contributed by atoms with van der Waals surface area (Å²) in [5.41, 5.74) is 0. The van der Waals surface area contributed by atoms with Crippen LogP contribution in [0.1, 0.15) is 13.8 Å². The van der Waals surface area contributed by atoms with Crippen molar-refractivity contribution in [2.75, 3.05) is 6.61 Å². The van der Waals surface area contributed by atoms with Crippen LogP contribution in [0.3, 0.4) is 0 Å². The summed E-state index contributed by atoms with van der Waals surface area (Å²) in [5.74, 6) is -1.26. The molecule has 0 aliphatic carbocycles. The quantitative estimate of drug-likeness (QED) is 0.564. The van der Waals surface area contributed by atoms with Gasteiger partial charge in [0, 0.05) is 13.8 Å². The first-order chi connectivity index (χ1) is 7.41. The molecule has 1 rings (SSSR count). The molecule has 16 heavy (non-hydrogen) atoms. The van der Waals surface area contributed by atoms with Crippen LogP contribution >= 0.6 is 0 Å². The molecule has 0 aromatic carbocycles. The highest BCUT2D eigenvalue weighted by atomic mass is 16.7. The molecule has 0 aromatic rings. The first kappa shape index (κ1) is 12.9. The third-order valence-corrected chi connectivity index (χ3v) is 2.05. The van der Waals surface area contributed by atoms with E-state index in [1.807, 2.05) is 0 Å². The lowest BCUT2D eigenvalue weighted by atomic mass is 10.1. The maximum Gasteiger partial charge on any atom is 0.303 e. The topological polar surface area (TPSA) is 102 Å². The minimum atomic E-state index is -1.43. The Morgan fingerprint density at radius 3 is 2.25 bits per heavy atom. The van der Waals surface area contributed by atoms with Crippen molar-refractivity contribution in [1.82, 2.24) is 0 Å². The predicted molar refractivity (Wildman–Crippen MR) is 49.1 cm³/mol. The highest BCUT2D eigenvalue weighted by Crippen LogP contribution is 2.19. The molecule has 2 N–H and O–H groups in total. The molecule has 0 saturated carbocycles. The second kappa shape index (κ2) is 5.24. The second-order valence-electron chi connectivity index (χ2n) is 3.44. The summed E-state index contributed by atoms with van der Waals surface area (Å²) in [5, 5.41) is 19.0. The van der Waals surface area contributed by atoms with E-state index in [1.165, 1.54) is 6.92 Å². The van der Waals surface area contributed by atoms with Gasteiger partial charge in [-0.1, -0.05) is 0 Å². The van der Waals surface area contributed by atoms with Gasteiger partial charge in [0.2, 0.25) is 0 Å². The van der Waals surface area contributed by atoms with Crippen LogP contribution in [0.25, 0.3) is 0 Å². The first-order valence-corrected chi connectivity index (χ1v) is 4.74. The maximum atomic E-state index is 10.7. The fourth-order valence-corrected chi connectivity index (χ4v) is 1.40. The van der Waals surface area contributed by atoms with Crippen molar-refractivity contribution < 1.29 is 34.0 Å². The Labute approximate surface area is 91.9 Å². The van der Waals surface area contributed by atoms with E-state index in [0.29, 0.717) is 0 Å². The molecule has 1 heterocycles. The number of ether oxygens (including phenoxy) is 3. The average molecular weight is 234 g/mol. The van der Waals surface area contributed by atoms with E-state index < -0.39 is 36.5 Å². The zero-order valence-electron chi connectivity index (χ0n) is 8.95. The van der Waals surface area contributed by atoms with Crippen molar-refractivity contribution in [2.24, 2.45) is 0 Å². The lowest BCUT2D eigenvalue weighted by Gasteiger charge is -2.36. The van der Waals surface area contributed by atoms with E-state index in [4.69, 9.17) is 9.47 Å². The van der Waals surface area contributed by atoms with Gasteiger partial charge >= 0.3 is 11.9 Å². The average Bonchev–Trinajstić information content (AvgIpc) is 2.16. The molecule has 4 unspecified atom stereocenters. The molecule has 0 amide bonds. The molecule has 92 valence electrons. The molecule has 0 aromatic heterocycles. The van der Waals surface area contributed by atoms with Crippen molar-refractivity contribution >= 4 is 11.9 Å². The molecule has 7 heteroatoms. The lowest BCUT2D eigenvalue weighted by Crippen LogP contribution is -2.55. The molecular weight excluding hydrogens is 220 g/mol. The SMILES string of the molecule is CC(=O)OC1COC(O)C(OC(C)=O)C1O. The van der Waals surface area contributed by atoms with Crippen molar-refractivity contribution in [3.05, 3.63) is 0 Å². The summed E-state index contributed by atoms with van der Waals surface area (Å²) in [6.45, 7) is 2.16. The number of hydrogen-bond acceptors (Lipinski definition) is 7. The standard InChI is InChI=1S/C9H14O7/c1-4(10)15-6-3-14-9(13)8(7(6)12)16-5(2)11/h6-9,12-13H,3H2,1-2H3. The Morgan fingerprint density at radius 2 is 1.75 bits per heavy atom. The fraction of sp³-hybridized carbons (Fsp3) is 0.778. The maximum absolute atomic E-state index is 10.7. The number of esters is 2. The van der Waals surface area contributed by atoms with E-state index in [9.17, 15) is 19.8 Å². The number of aliphatic hydroxyl groups is 2. The number of carbonyl (C=O) groups excluding carboxylic acids is 2. The third-order valence-electron chi connectivity index (χ3n) is 2.05. The summed E-state index contributed by atoms with van der Waals surface area (Å²) >= 11 is 0. The molecular formula is C9H14O7. The highest BCUT2D eigenvalue weighted by Gasteiger charge is 2.42. The molecule has 0 radical (unpaired) electrons. The van der Waals surface area contributed by atoms with Crippen LogP contribution in [0.4, 0.5) is 0 Å². The fourth-order valence-electron chi connectivity index (χ4n) is 1.40. The third kappa shape index (κ3) is 3.16. The van der Waals surface area contributed by atoms with E-state index >= 15 is 0 Å². The summed E-state index contributed by atoms with van der Waals surface area (Å²) in [4.78, 5) is 21.4. The van der Waals surface area contributed by atoms with Gasteiger partial charge in [0.1, 0.15) is 6.10 Å². The monoisotopic (exact) mass is 234 g/mol. The van der Waals surface area contributed by atoms with Crippen LogP contribution in [0.15, 0.2) is 0 Å². The van der Waals surface area contributed by atoms with Crippen molar-refractivity contribution in [3.8, 4) is 0 Å². The molecule has 1 aliphatic rings. The van der Waals surface area contributed by atoms with E-state index in [-0.39, 0.29) is 6.61 Å². The molecule has 7 nitrogen and oxygen atoms in total. The number of aliphatic hydroxyl groups excluding tert-OH is 2. The summed E-state index contributed by atoms with van der Waals surface area (Å²) in [6, 6.07) is 0. The smallest absolute Gasteiger partial charge is 0.303 e. The van der Waals surface area contributed by atoms with Gasteiger partial charge in [-0.15, -0.1) is 0 Å². The lowest BCUT2D eigenvalue weighted by molar-refractivity contribution is -0.263. The predicted octanol–water partition coefficient (Wildman–Crippen LogP) is -1.44. The number of carbonyl (C=O) groups is 2. The van der Waals surface area contributed by atoms with Crippen molar-refractivity contribution in [2.45, 2.75) is 38.4 Å². The van der Waals surface area contributed by atoms with Crippen LogP contribution in [-0.4, -0.2) is 53.4 Å². The van der Waals surface area contributed by atoms with Gasteiger partial charge in [0.05, 0.1) is 6.61 Å². The molecule has 0 spiro atoms. The first-order valence-electron chi connectivity index (χ1n) is 4.74. The van der Waals surface area contributed by atoms with Gasteiger partial charge in [-0.2, -0.15) is 0 Å². The van der Waals surface area contributed by atoms with Gasteiger partial charge < -0.3 is 24.4 Å². The minimum Gasteiger partial charge on any atom is -0.457 e. The minimum absolute atomic E-state index is 0.153. The van der Waals surface area contributed by atoms with Gasteiger partial charge in [0.15, 0.2) is 18.5 Å². The van der Waals surface area contributed by atoms with Crippen LogP contribution in [0.5, 0.6) is 0 Å². The molecule has 1 aliphatic heterocycles. The largest absolute Gasteiger partial charge is 0.457 e. The van der Waals surface area contributed by atoms with Gasteiger partial charge in [0.25, 0.3) is 0 Å². The Hall–Kier alpha value is -1.18. The summed E-state index contributed by atoms with van der Waals surface area (Å²) in [6.07, 6.45) is -4.94. The molecule has 0 bridgehead atoms. The Morgan fingerprint density at radius 1 is 1.19 bits per heavy atom. The van der Waals surface area contributed by atoms with Crippen LogP contribution in [-0.2, 0) is 23.8 Å². The van der Waals surface area contributed by atoms with E-state index in [1.54, 1.807) is 0 Å². The number of hydrogen-bond donors (Lipinski definition) is 2. The zero-order chi connectivity index (χ0) is 12.3. The van der Waals surface area contributed by atoms with Crippen LogP contribution < -0.4 is 0 Å². The zero-order valence-corrected chi connectivity index (χ0v) is 8.95. The molecule has 1 fully saturated rings. The van der Waals surface area contributed by atoms with E-state index in [0.717, 1.165) is 6.92 Å². The van der Waals surface area contributed by atoms with Crippen molar-refractivity contribution in [3.63, 3.8) is 0 Å². The molecule has 1 saturated heterocycles. The van der Waals surface area contributed by atoms with Crippen LogP contribution in [0.2, 0.25) is 0 Å². The summed E-state index contributed by atoms with van der Waals surface area (Å²) < 4.78 is 14.2. The van der Waals surface area contributed by atoms with Gasteiger partial charge in [-0.05, 0) is 0 Å². The highest BCUT2D eigenvalue weighted by molar-refractivity contribution is 5.67. The van der Waals surface area contributed by atoms with E-state index in [2.05, 4.69) is 4.74 Å². The van der Waals surface area contributed by atoms with Gasteiger partial charge in [-0.3, -0.25) is 9.59 Å². The number of rotatable bonds is 2. The normalized spacial score (nSPS) is 34.2. The Balaban J connectivity index is 2.66. The van der Waals surface area contributed by atoms with Crippen molar-refractivity contribution in [1.29, 1.82) is 0 Å². The summed E-state index contributed by atoms with van der Waals surface area (Å²) in [7, 11) is 0. The second-order valence-corrected chi connectivity index (χ2v) is 3.44. The Bertz CT molecular complexity index is 277.